The number of ketones is 2. The minimum Gasteiger partial charge on any atom is -1.00 e. The van der Waals surface area contributed by atoms with E-state index in [4.69, 9.17) is 0 Å². The van der Waals surface area contributed by atoms with Gasteiger partial charge >= 0.3 is 0 Å². The van der Waals surface area contributed by atoms with Crippen molar-refractivity contribution in [2.75, 3.05) is 126 Å². The average Bonchev–Trinajstić information content (AvgIpc) is 3.30. The van der Waals surface area contributed by atoms with E-state index in [0.29, 0.717) is 0 Å². The summed E-state index contributed by atoms with van der Waals surface area (Å²) in [5.41, 5.74) is 12.8. The van der Waals surface area contributed by atoms with E-state index in [9.17, 15) is 9.59 Å². The molecule has 0 N–H and O–H groups in total. The molecular formula is C58H80I2N6O2. The number of benzene rings is 4. The lowest BCUT2D eigenvalue weighted by molar-refractivity contribution is -0.881. The van der Waals surface area contributed by atoms with Gasteiger partial charge < -0.3 is 76.5 Å². The summed E-state index contributed by atoms with van der Waals surface area (Å²) in [6.07, 6.45) is 8.30. The molecule has 4 aromatic rings. The lowest BCUT2D eigenvalue weighted by Crippen LogP contribution is -3.00. The van der Waals surface area contributed by atoms with E-state index in [1.54, 1.807) is 0 Å². The van der Waals surface area contributed by atoms with E-state index in [1.807, 2.05) is 0 Å². The van der Waals surface area contributed by atoms with Crippen molar-refractivity contribution in [3.05, 3.63) is 142 Å². The molecule has 2 fully saturated rings. The summed E-state index contributed by atoms with van der Waals surface area (Å²) in [5, 5.41) is 0. The predicted molar refractivity (Wildman–Crippen MR) is 286 cm³/mol. The molecule has 8 nitrogen and oxygen atoms in total. The van der Waals surface area contributed by atoms with Gasteiger partial charge in [0.25, 0.3) is 0 Å². The fourth-order valence-corrected chi connectivity index (χ4v) is 9.39. The second-order valence-corrected chi connectivity index (χ2v) is 18.9. The Morgan fingerprint density at radius 1 is 0.338 bits per heavy atom. The zero-order valence-corrected chi connectivity index (χ0v) is 47.6. The van der Waals surface area contributed by atoms with Crippen molar-refractivity contribution in [3.63, 3.8) is 0 Å². The molecule has 0 saturated carbocycles. The fraction of sp³-hybridized carbons (Fsp3) is 0.414. The summed E-state index contributed by atoms with van der Waals surface area (Å²) < 4.78 is 1.55. The van der Waals surface area contributed by atoms with E-state index < -0.39 is 0 Å². The van der Waals surface area contributed by atoms with E-state index in [0.717, 1.165) is 132 Å². The van der Waals surface area contributed by atoms with E-state index >= 15 is 0 Å². The molecule has 10 heteroatoms. The Hall–Kier alpha value is -4.24. The van der Waals surface area contributed by atoms with Crippen LogP contribution < -0.4 is 67.6 Å². The number of quaternary nitrogens is 2. The lowest BCUT2D eigenvalue weighted by atomic mass is 9.93. The minimum absolute atomic E-state index is 0. The molecular weight excluding hydrogens is 1070 g/mol. The molecule has 368 valence electrons. The third-order valence-corrected chi connectivity index (χ3v) is 13.0. The number of Topliss-reactive ketones (excluding diaryl/α,β-unsaturated/α-hetero) is 2. The standard InChI is InChI=1S/2C29H40N3O.2HI/c2*1-7-30(8-2)27-15-11-23(12-16-27)19-25-21-32(5,6)22-26(29(25)33)20-24-13-17-28(18-14-24)31(9-3)10-4;;/h2*11-20H,7-10,21-22H2,1-6H3;2*1H/q2*+1;;/p-2/b2*25-19+,26-20+;;. The molecule has 68 heavy (non-hydrogen) atoms. The summed E-state index contributed by atoms with van der Waals surface area (Å²) >= 11 is 0. The van der Waals surface area contributed by atoms with Crippen molar-refractivity contribution >= 4 is 58.6 Å². The van der Waals surface area contributed by atoms with Crippen LogP contribution in [0.15, 0.2) is 119 Å². The van der Waals surface area contributed by atoms with E-state index in [2.05, 4.69) is 225 Å². The second kappa shape index (κ2) is 27.2. The Bertz CT molecular complexity index is 2010. The molecule has 2 aliphatic rings. The first-order chi connectivity index (χ1) is 31.6. The first-order valence-electron chi connectivity index (χ1n) is 24.6. The Morgan fingerprint density at radius 3 is 0.647 bits per heavy atom. The summed E-state index contributed by atoms with van der Waals surface area (Å²) in [5.74, 6) is 0.348. The van der Waals surface area contributed by atoms with Crippen LogP contribution in [0.3, 0.4) is 0 Å². The molecule has 0 atom stereocenters. The number of hydrogen-bond donors (Lipinski definition) is 0. The molecule has 6 rings (SSSR count). The Labute approximate surface area is 445 Å². The molecule has 0 radical (unpaired) electrons. The third-order valence-electron chi connectivity index (χ3n) is 13.0. The summed E-state index contributed by atoms with van der Waals surface area (Å²) in [6, 6.07) is 34.2. The zero-order valence-electron chi connectivity index (χ0n) is 43.3. The molecule has 0 aromatic heterocycles. The lowest BCUT2D eigenvalue weighted by Gasteiger charge is -2.35. The summed E-state index contributed by atoms with van der Waals surface area (Å²) in [6.45, 7) is 28.3. The molecule has 0 aliphatic carbocycles. The average molecular weight is 1150 g/mol. The van der Waals surface area contributed by atoms with Crippen molar-refractivity contribution in [3.8, 4) is 0 Å². The number of likely N-dealkylation sites (tertiary alicyclic amines) is 2. The van der Waals surface area contributed by atoms with Crippen LogP contribution in [-0.4, -0.2) is 127 Å². The molecule has 4 aromatic carbocycles. The van der Waals surface area contributed by atoms with Gasteiger partial charge in [-0.1, -0.05) is 48.5 Å². The van der Waals surface area contributed by atoms with Gasteiger partial charge in [0, 0.05) is 75.1 Å². The Balaban J connectivity index is 0.000000350. The normalized spacial score (nSPS) is 17.5. The van der Waals surface area contributed by atoms with Crippen LogP contribution in [0.2, 0.25) is 0 Å². The first-order valence-corrected chi connectivity index (χ1v) is 24.6. The number of halogens is 2. The topological polar surface area (TPSA) is 47.1 Å². The Kier molecular flexibility index (Phi) is 23.3. The number of piperidine rings is 2. The van der Waals surface area contributed by atoms with E-state index in [-0.39, 0.29) is 59.5 Å². The minimum atomic E-state index is 0. The molecule has 2 saturated heterocycles. The maximum absolute atomic E-state index is 13.4. The van der Waals surface area contributed by atoms with Crippen molar-refractivity contribution in [1.82, 2.24) is 0 Å². The number of nitrogens with zero attached hydrogens (tertiary/aromatic N) is 6. The highest BCUT2D eigenvalue weighted by Gasteiger charge is 2.34. The first kappa shape index (κ1) is 58.1. The largest absolute Gasteiger partial charge is 1.00 e. The van der Waals surface area contributed by atoms with Crippen LogP contribution in [0, 0.1) is 0 Å². The highest BCUT2D eigenvalue weighted by Crippen LogP contribution is 2.28. The SMILES string of the molecule is CCN(CC)c1ccc(/C=C2\C[N+](C)(C)C/C(=C\c3ccc(N(CC)CC)cc3)C2=O)cc1.CCN(CC)c1ccc(/C=C2\C[N+](C)(C)C/C(=C\c3ccc(N(CC)CC)cc3)C2=O)cc1.[I-].[I-]. The van der Waals surface area contributed by atoms with Gasteiger partial charge in [-0.05, 0) is 150 Å². The number of likely N-dealkylation sites (N-methyl/N-ethyl adjacent to an activating group) is 2. The number of hydrogen-bond acceptors (Lipinski definition) is 6. The third kappa shape index (κ3) is 15.9. The molecule has 0 unspecified atom stereocenters. The van der Waals surface area contributed by atoms with Crippen LogP contribution in [0.1, 0.15) is 77.6 Å². The monoisotopic (exact) mass is 1150 g/mol. The number of carbonyl (C=O) groups excluding carboxylic acids is 2. The van der Waals surface area contributed by atoms with Crippen LogP contribution in [0.4, 0.5) is 22.7 Å². The number of carbonyl (C=O) groups is 2. The van der Waals surface area contributed by atoms with Crippen molar-refractivity contribution in [2.45, 2.75) is 55.4 Å². The smallest absolute Gasteiger partial charge is 0.196 e. The van der Waals surface area contributed by atoms with Crippen LogP contribution >= 0.6 is 0 Å². The number of rotatable bonds is 16. The van der Waals surface area contributed by atoms with Gasteiger partial charge in [0.15, 0.2) is 11.6 Å². The molecule has 2 aliphatic heterocycles. The van der Waals surface area contributed by atoms with Gasteiger partial charge in [0.1, 0.15) is 26.2 Å². The van der Waals surface area contributed by atoms with Gasteiger partial charge in [-0.3, -0.25) is 9.59 Å². The van der Waals surface area contributed by atoms with Gasteiger partial charge in [-0.2, -0.15) is 0 Å². The summed E-state index contributed by atoms with van der Waals surface area (Å²) in [7, 11) is 8.78. The van der Waals surface area contributed by atoms with Crippen LogP contribution in [-0.2, 0) is 9.59 Å². The fourth-order valence-electron chi connectivity index (χ4n) is 9.39. The molecule has 0 amide bonds. The summed E-state index contributed by atoms with van der Waals surface area (Å²) in [4.78, 5) is 36.1. The number of anilines is 4. The zero-order chi connectivity index (χ0) is 48.0. The highest BCUT2D eigenvalue weighted by atomic mass is 127. The molecule has 2 heterocycles. The van der Waals surface area contributed by atoms with Gasteiger partial charge in [-0.25, -0.2) is 0 Å². The maximum Gasteiger partial charge on any atom is 0.196 e. The highest BCUT2D eigenvalue weighted by molar-refractivity contribution is 6.15. The second-order valence-electron chi connectivity index (χ2n) is 18.9. The van der Waals surface area contributed by atoms with Gasteiger partial charge in [0.2, 0.25) is 0 Å². The predicted octanol–water partition coefficient (Wildman–Crippen LogP) is 5.02. The van der Waals surface area contributed by atoms with Gasteiger partial charge in [0.05, 0.1) is 50.5 Å². The van der Waals surface area contributed by atoms with Crippen molar-refractivity contribution < 1.29 is 66.5 Å². The van der Waals surface area contributed by atoms with Crippen molar-refractivity contribution in [2.24, 2.45) is 0 Å². The Morgan fingerprint density at radius 2 is 0.500 bits per heavy atom. The quantitative estimate of drug-likeness (QED) is 0.0895. The van der Waals surface area contributed by atoms with Crippen LogP contribution in [0.5, 0.6) is 0 Å². The van der Waals surface area contributed by atoms with E-state index in [1.165, 1.54) is 22.7 Å². The molecule has 0 bridgehead atoms. The molecule has 0 spiro atoms. The maximum atomic E-state index is 13.4. The van der Waals surface area contributed by atoms with Crippen LogP contribution in [0.25, 0.3) is 24.3 Å². The van der Waals surface area contributed by atoms with Crippen molar-refractivity contribution in [1.29, 1.82) is 0 Å². The van der Waals surface area contributed by atoms with Gasteiger partial charge in [-0.15, -0.1) is 0 Å².